The number of nitrogens with zero attached hydrogens (tertiary/aromatic N) is 2. The van der Waals surface area contributed by atoms with Crippen molar-refractivity contribution >= 4 is 5.69 Å². The lowest BCUT2D eigenvalue weighted by Gasteiger charge is -2.01. The molecule has 13 heavy (non-hydrogen) atoms. The van der Waals surface area contributed by atoms with E-state index in [1.807, 2.05) is 12.1 Å². The molecule has 0 saturated heterocycles. The Balaban J connectivity index is 3.09. The Hall–Kier alpha value is -2.08. The van der Waals surface area contributed by atoms with E-state index in [-0.39, 0.29) is 11.1 Å². The van der Waals surface area contributed by atoms with Crippen molar-refractivity contribution in [2.24, 2.45) is 0 Å². The van der Waals surface area contributed by atoms with Gasteiger partial charge in [-0.25, -0.2) is 10.7 Å². The Morgan fingerprint density at radius 2 is 1.92 bits per heavy atom. The lowest BCUT2D eigenvalue weighted by molar-refractivity contribution is -0.215. The molecule has 1 aromatic rings. The van der Waals surface area contributed by atoms with Gasteiger partial charge in [-0.1, -0.05) is 0 Å². The largest absolute Gasteiger partial charge is 0.235 e. The number of benzene rings is 1. The van der Waals surface area contributed by atoms with Crippen LogP contribution in [0.25, 0.3) is 0 Å². The summed E-state index contributed by atoms with van der Waals surface area (Å²) in [6.45, 7) is 0. The number of nitriles is 2. The minimum atomic E-state index is 0.226. The molecule has 0 saturated carbocycles. The van der Waals surface area contributed by atoms with Gasteiger partial charge in [0.2, 0.25) is 0 Å². The molecule has 2 N–H and O–H groups in total. The molecule has 0 aliphatic carbocycles. The van der Waals surface area contributed by atoms with Crippen LogP contribution in [0.5, 0.6) is 0 Å². The van der Waals surface area contributed by atoms with Crippen LogP contribution >= 0.6 is 0 Å². The van der Waals surface area contributed by atoms with Gasteiger partial charge in [-0.15, -0.1) is 4.99 Å². The van der Waals surface area contributed by atoms with Crippen molar-refractivity contribution in [2.45, 2.75) is 0 Å². The Bertz CT molecular complexity index is 389. The fraction of sp³-hybridized carbons (Fsp3) is 0. The molecule has 64 valence electrons. The van der Waals surface area contributed by atoms with E-state index in [9.17, 15) is 0 Å². The third-order valence-electron chi connectivity index (χ3n) is 1.42. The van der Waals surface area contributed by atoms with Crippen molar-refractivity contribution in [1.29, 1.82) is 10.5 Å². The number of anilines is 1. The zero-order valence-corrected chi connectivity index (χ0v) is 6.48. The molecule has 0 radical (unpaired) electrons. The maximum Gasteiger partial charge on any atom is 0.101 e. The minimum Gasteiger partial charge on any atom is -0.235 e. The Kier molecular flexibility index (Phi) is 2.82. The monoisotopic (exact) mass is 175 g/mol. The van der Waals surface area contributed by atoms with E-state index in [0.29, 0.717) is 5.69 Å². The predicted octanol–water partition coefficient (Wildman–Crippen LogP) is 1.25. The molecule has 5 heteroatoms. The Morgan fingerprint density at radius 3 is 2.46 bits per heavy atom. The third-order valence-corrected chi connectivity index (χ3v) is 1.42. The minimum absolute atomic E-state index is 0.226. The van der Waals surface area contributed by atoms with Gasteiger partial charge in [-0.2, -0.15) is 10.5 Å². The van der Waals surface area contributed by atoms with Crippen molar-refractivity contribution in [3.05, 3.63) is 29.3 Å². The standard InChI is InChI=1S/C8H5N3O2/c9-4-6-1-2-8(11-13-12)3-7(6)5-10/h1-3,11-12H. The topological polar surface area (TPSA) is 89.1 Å². The van der Waals surface area contributed by atoms with Gasteiger partial charge in [0.15, 0.2) is 0 Å². The maximum absolute atomic E-state index is 8.61. The van der Waals surface area contributed by atoms with Gasteiger partial charge in [0.1, 0.15) is 12.1 Å². The van der Waals surface area contributed by atoms with Gasteiger partial charge in [0, 0.05) is 0 Å². The summed E-state index contributed by atoms with van der Waals surface area (Å²) < 4.78 is 0. The van der Waals surface area contributed by atoms with Crippen LogP contribution < -0.4 is 5.48 Å². The van der Waals surface area contributed by atoms with Crippen LogP contribution in [-0.2, 0) is 4.99 Å². The van der Waals surface area contributed by atoms with Gasteiger partial charge in [-0.05, 0) is 18.2 Å². The van der Waals surface area contributed by atoms with Gasteiger partial charge in [0.25, 0.3) is 0 Å². The smallest absolute Gasteiger partial charge is 0.101 e. The van der Waals surface area contributed by atoms with E-state index in [1.54, 1.807) is 0 Å². The molecule has 1 rings (SSSR count). The van der Waals surface area contributed by atoms with E-state index in [4.69, 9.17) is 15.8 Å². The fourth-order valence-electron chi connectivity index (χ4n) is 0.850. The van der Waals surface area contributed by atoms with E-state index < -0.39 is 0 Å². The van der Waals surface area contributed by atoms with Crippen LogP contribution in [0.1, 0.15) is 11.1 Å². The molecule has 0 heterocycles. The predicted molar refractivity (Wildman–Crippen MR) is 43.2 cm³/mol. The summed E-state index contributed by atoms with van der Waals surface area (Å²) in [6.07, 6.45) is 0. The van der Waals surface area contributed by atoms with E-state index in [1.165, 1.54) is 18.2 Å². The second-order valence-electron chi connectivity index (χ2n) is 2.18. The first-order valence-corrected chi connectivity index (χ1v) is 3.32. The van der Waals surface area contributed by atoms with Crippen LogP contribution in [0.15, 0.2) is 18.2 Å². The summed E-state index contributed by atoms with van der Waals surface area (Å²) >= 11 is 0. The highest BCUT2D eigenvalue weighted by Gasteiger charge is 2.01. The highest BCUT2D eigenvalue weighted by Crippen LogP contribution is 2.14. The molecule has 1 aromatic carbocycles. The molecule has 0 spiro atoms. The van der Waals surface area contributed by atoms with Gasteiger partial charge >= 0.3 is 0 Å². The van der Waals surface area contributed by atoms with Crippen LogP contribution in [0.4, 0.5) is 5.69 Å². The van der Waals surface area contributed by atoms with Crippen LogP contribution in [0.3, 0.4) is 0 Å². The zero-order chi connectivity index (χ0) is 9.68. The number of hydrogen-bond donors (Lipinski definition) is 2. The van der Waals surface area contributed by atoms with E-state index in [2.05, 4.69) is 10.5 Å². The van der Waals surface area contributed by atoms with Crippen molar-refractivity contribution < 1.29 is 10.2 Å². The number of hydrogen-bond acceptors (Lipinski definition) is 5. The van der Waals surface area contributed by atoms with E-state index in [0.717, 1.165) is 0 Å². The molecule has 0 unspecified atom stereocenters. The maximum atomic E-state index is 8.61. The van der Waals surface area contributed by atoms with Crippen LogP contribution in [0, 0.1) is 22.7 Å². The lowest BCUT2D eigenvalue weighted by Crippen LogP contribution is -1.96. The molecule has 5 nitrogen and oxygen atoms in total. The summed E-state index contributed by atoms with van der Waals surface area (Å²) in [5.74, 6) is 0. The van der Waals surface area contributed by atoms with Crippen molar-refractivity contribution in [3.8, 4) is 12.1 Å². The molecule has 0 atom stereocenters. The highest BCUT2D eigenvalue weighted by molar-refractivity contribution is 5.55. The average molecular weight is 175 g/mol. The van der Waals surface area contributed by atoms with Crippen molar-refractivity contribution in [2.75, 3.05) is 5.48 Å². The average Bonchev–Trinajstić information content (AvgIpc) is 2.18. The van der Waals surface area contributed by atoms with Crippen LogP contribution in [-0.4, -0.2) is 5.26 Å². The van der Waals surface area contributed by atoms with Crippen molar-refractivity contribution in [3.63, 3.8) is 0 Å². The quantitative estimate of drug-likeness (QED) is 0.521. The number of rotatable bonds is 2. The summed E-state index contributed by atoms with van der Waals surface area (Å²) in [4.78, 5) is 3.66. The van der Waals surface area contributed by atoms with E-state index >= 15 is 0 Å². The summed E-state index contributed by atoms with van der Waals surface area (Å²) in [7, 11) is 0. The Labute approximate surface area is 74.3 Å². The first-order valence-electron chi connectivity index (χ1n) is 3.32. The lowest BCUT2D eigenvalue weighted by atomic mass is 10.1. The Morgan fingerprint density at radius 1 is 1.23 bits per heavy atom. The SMILES string of the molecule is N#Cc1ccc(NOO)cc1C#N. The zero-order valence-electron chi connectivity index (χ0n) is 6.48. The molecule has 0 aromatic heterocycles. The molecule has 0 aliphatic rings. The summed E-state index contributed by atoms with van der Waals surface area (Å²) in [5.41, 5.74) is 3.04. The summed E-state index contributed by atoms with van der Waals surface area (Å²) in [6, 6.07) is 8.07. The summed E-state index contributed by atoms with van der Waals surface area (Å²) in [5, 5.41) is 25.2. The molecular formula is C8H5N3O2. The molecule has 0 bridgehead atoms. The van der Waals surface area contributed by atoms with Gasteiger partial charge < -0.3 is 0 Å². The second-order valence-corrected chi connectivity index (χ2v) is 2.18. The third kappa shape index (κ3) is 1.94. The van der Waals surface area contributed by atoms with Crippen LogP contribution in [0.2, 0.25) is 0 Å². The highest BCUT2D eigenvalue weighted by atomic mass is 17.2. The molecule has 0 amide bonds. The molecular weight excluding hydrogens is 170 g/mol. The molecule has 0 aliphatic heterocycles. The number of nitrogens with one attached hydrogen (secondary N) is 1. The normalized spacial score (nSPS) is 8.54. The van der Waals surface area contributed by atoms with Crippen molar-refractivity contribution in [1.82, 2.24) is 0 Å². The van der Waals surface area contributed by atoms with Gasteiger partial charge in [-0.3, -0.25) is 0 Å². The first-order chi connectivity index (χ1) is 6.31. The van der Waals surface area contributed by atoms with Gasteiger partial charge in [0.05, 0.1) is 16.8 Å². The first kappa shape index (κ1) is 9.01. The fourth-order valence-corrected chi connectivity index (χ4v) is 0.850. The molecule has 0 fully saturated rings. The second kappa shape index (κ2) is 4.07.